The summed E-state index contributed by atoms with van der Waals surface area (Å²) in [5.74, 6) is 0.356. The van der Waals surface area contributed by atoms with Crippen molar-refractivity contribution in [1.29, 1.82) is 0 Å². The van der Waals surface area contributed by atoms with E-state index in [9.17, 15) is 10.1 Å². The molecule has 0 saturated carbocycles. The van der Waals surface area contributed by atoms with Crippen molar-refractivity contribution < 1.29 is 9.76 Å². The predicted molar refractivity (Wildman–Crippen MR) is 91.6 cm³/mol. The number of rotatable bonds is 5. The molecule has 1 fully saturated rings. The van der Waals surface area contributed by atoms with E-state index >= 15 is 0 Å². The topological polar surface area (TPSA) is 80.9 Å². The number of hydrogen-bond acceptors (Lipinski definition) is 6. The normalized spacial score (nSPS) is 14.7. The van der Waals surface area contributed by atoms with Gasteiger partial charge in [-0.2, -0.15) is 0 Å². The molecule has 0 amide bonds. The zero-order chi connectivity index (χ0) is 16.9. The van der Waals surface area contributed by atoms with Gasteiger partial charge < -0.3 is 9.74 Å². The van der Waals surface area contributed by atoms with Crippen LogP contribution in [0.15, 0.2) is 47.9 Å². The van der Waals surface area contributed by atoms with Crippen LogP contribution < -0.4 is 9.74 Å². The number of pyridine rings is 1. The molecule has 1 aliphatic heterocycles. The molecule has 2 heterocycles. The molecule has 7 heteroatoms. The van der Waals surface area contributed by atoms with E-state index in [-0.39, 0.29) is 5.69 Å². The Labute approximate surface area is 139 Å². The van der Waals surface area contributed by atoms with Gasteiger partial charge in [0, 0.05) is 48.9 Å². The van der Waals surface area contributed by atoms with Crippen molar-refractivity contribution in [2.75, 3.05) is 18.0 Å². The van der Waals surface area contributed by atoms with Crippen LogP contribution in [0, 0.1) is 10.1 Å². The second-order valence-corrected chi connectivity index (χ2v) is 5.65. The summed E-state index contributed by atoms with van der Waals surface area (Å²) in [7, 11) is 0. The van der Waals surface area contributed by atoms with Gasteiger partial charge in [-0.1, -0.05) is 5.16 Å². The monoisotopic (exact) mass is 326 g/mol. The molecule has 0 bridgehead atoms. The summed E-state index contributed by atoms with van der Waals surface area (Å²) in [6.07, 6.45) is 5.56. The Morgan fingerprint density at radius 1 is 1.33 bits per heavy atom. The quantitative estimate of drug-likeness (QED) is 0.478. The molecule has 0 spiro atoms. The smallest absolute Gasteiger partial charge is 0.275 e. The maximum absolute atomic E-state index is 11.2. The number of nitro benzene ring substituents is 1. The van der Waals surface area contributed by atoms with Gasteiger partial charge in [-0.15, -0.1) is 0 Å². The maximum atomic E-state index is 11.2. The molecule has 2 aromatic rings. The Kier molecular flexibility index (Phi) is 4.69. The van der Waals surface area contributed by atoms with Crippen molar-refractivity contribution in [2.45, 2.75) is 19.8 Å². The van der Waals surface area contributed by atoms with Gasteiger partial charge in [0.05, 0.1) is 16.7 Å². The molecule has 1 aromatic carbocycles. The fourth-order valence-electron chi connectivity index (χ4n) is 2.63. The van der Waals surface area contributed by atoms with Crippen molar-refractivity contribution in [2.24, 2.45) is 5.16 Å². The lowest BCUT2D eigenvalue weighted by Gasteiger charge is -2.17. The van der Waals surface area contributed by atoms with Crippen molar-refractivity contribution in [3.8, 4) is 5.75 Å². The third kappa shape index (κ3) is 3.68. The zero-order valence-electron chi connectivity index (χ0n) is 13.4. The van der Waals surface area contributed by atoms with Crippen LogP contribution in [0.3, 0.4) is 0 Å². The first-order valence-corrected chi connectivity index (χ1v) is 7.80. The summed E-state index contributed by atoms with van der Waals surface area (Å²) < 4.78 is 0. The van der Waals surface area contributed by atoms with Crippen LogP contribution in [0.5, 0.6) is 5.75 Å². The maximum Gasteiger partial charge on any atom is 0.275 e. The Bertz CT molecular complexity index is 756. The van der Waals surface area contributed by atoms with Crippen LogP contribution in [0.2, 0.25) is 0 Å². The molecule has 124 valence electrons. The van der Waals surface area contributed by atoms with Crippen LogP contribution >= 0.6 is 0 Å². The minimum Gasteiger partial charge on any atom is -0.371 e. The number of oxime groups is 1. The molecule has 1 aliphatic rings. The van der Waals surface area contributed by atoms with Crippen molar-refractivity contribution in [3.05, 3.63) is 58.4 Å². The third-order valence-electron chi connectivity index (χ3n) is 3.93. The first-order chi connectivity index (χ1) is 11.6. The zero-order valence-corrected chi connectivity index (χ0v) is 13.4. The average Bonchev–Trinajstić information content (AvgIpc) is 3.15. The molecule has 24 heavy (non-hydrogen) atoms. The fourth-order valence-corrected chi connectivity index (χ4v) is 2.63. The first kappa shape index (κ1) is 15.9. The fraction of sp³-hybridized carbons (Fsp3) is 0.294. The third-order valence-corrected chi connectivity index (χ3v) is 3.93. The summed E-state index contributed by atoms with van der Waals surface area (Å²) in [5, 5.41) is 15.2. The molecule has 7 nitrogen and oxygen atoms in total. The first-order valence-electron chi connectivity index (χ1n) is 7.80. The second-order valence-electron chi connectivity index (χ2n) is 5.65. The van der Waals surface area contributed by atoms with Gasteiger partial charge in [0.25, 0.3) is 5.69 Å². The highest BCUT2D eigenvalue weighted by atomic mass is 16.6. The Balaban J connectivity index is 1.85. The van der Waals surface area contributed by atoms with Crippen LogP contribution in [0.4, 0.5) is 11.4 Å². The lowest BCUT2D eigenvalue weighted by Crippen LogP contribution is -2.17. The predicted octanol–water partition coefficient (Wildman–Crippen LogP) is 3.39. The van der Waals surface area contributed by atoms with E-state index in [1.54, 1.807) is 31.5 Å². The van der Waals surface area contributed by atoms with Crippen LogP contribution in [-0.4, -0.2) is 28.7 Å². The van der Waals surface area contributed by atoms with Crippen LogP contribution in [0.1, 0.15) is 25.3 Å². The average molecular weight is 326 g/mol. The van der Waals surface area contributed by atoms with Gasteiger partial charge >= 0.3 is 0 Å². The van der Waals surface area contributed by atoms with Gasteiger partial charge in [0.15, 0.2) is 5.75 Å². The standard InChI is InChI=1S/C17H18N4O3/c1-13(14-5-4-6-18-12-14)19-24-17-10-15(20-7-2-3-8-20)9-16(11-17)21(22)23/h4-6,9-12H,2-3,7-8H2,1H3. The molecule has 0 aliphatic carbocycles. The van der Waals surface area contributed by atoms with E-state index in [0.29, 0.717) is 11.5 Å². The molecule has 0 N–H and O–H groups in total. The van der Waals surface area contributed by atoms with Gasteiger partial charge in [0.1, 0.15) is 0 Å². The molecule has 0 unspecified atom stereocenters. The van der Waals surface area contributed by atoms with E-state index in [0.717, 1.165) is 37.2 Å². The molecular formula is C17H18N4O3. The van der Waals surface area contributed by atoms with Crippen LogP contribution in [0.25, 0.3) is 0 Å². The molecule has 0 radical (unpaired) electrons. The lowest BCUT2D eigenvalue weighted by atomic mass is 10.2. The minimum absolute atomic E-state index is 0.00336. The number of hydrogen-bond donors (Lipinski definition) is 0. The summed E-state index contributed by atoms with van der Waals surface area (Å²) >= 11 is 0. The summed E-state index contributed by atoms with van der Waals surface area (Å²) in [4.78, 5) is 22.4. The second kappa shape index (κ2) is 7.08. The highest BCUT2D eigenvalue weighted by Crippen LogP contribution is 2.30. The molecular weight excluding hydrogens is 308 g/mol. The van der Waals surface area contributed by atoms with Crippen LogP contribution in [-0.2, 0) is 0 Å². The molecule has 1 saturated heterocycles. The lowest BCUT2D eigenvalue weighted by molar-refractivity contribution is -0.384. The Morgan fingerprint density at radius 2 is 2.12 bits per heavy atom. The number of anilines is 1. The summed E-state index contributed by atoms with van der Waals surface area (Å²) in [6.45, 7) is 3.60. The number of nitrogens with zero attached hydrogens (tertiary/aromatic N) is 4. The number of non-ortho nitro benzene ring substituents is 1. The van der Waals surface area contributed by atoms with Gasteiger partial charge in [0.2, 0.25) is 0 Å². The van der Waals surface area contributed by atoms with Crippen molar-refractivity contribution in [1.82, 2.24) is 4.98 Å². The number of benzene rings is 1. The Hall–Kier alpha value is -2.96. The van der Waals surface area contributed by atoms with Crippen molar-refractivity contribution in [3.63, 3.8) is 0 Å². The summed E-state index contributed by atoms with van der Waals surface area (Å²) in [5.41, 5.74) is 2.29. The van der Waals surface area contributed by atoms with Gasteiger partial charge in [-0.25, -0.2) is 0 Å². The summed E-state index contributed by atoms with van der Waals surface area (Å²) in [6, 6.07) is 8.44. The van der Waals surface area contributed by atoms with Gasteiger partial charge in [-0.3, -0.25) is 15.1 Å². The highest BCUT2D eigenvalue weighted by molar-refractivity contribution is 5.98. The Morgan fingerprint density at radius 3 is 2.79 bits per heavy atom. The number of aromatic nitrogens is 1. The minimum atomic E-state index is -0.413. The van der Waals surface area contributed by atoms with Gasteiger partial charge in [-0.05, 0) is 31.9 Å². The number of nitro groups is 1. The molecule has 1 aromatic heterocycles. The van der Waals surface area contributed by atoms with E-state index in [2.05, 4.69) is 15.0 Å². The van der Waals surface area contributed by atoms with E-state index in [1.807, 2.05) is 12.1 Å². The molecule has 3 rings (SSSR count). The van der Waals surface area contributed by atoms with E-state index < -0.39 is 4.92 Å². The highest BCUT2D eigenvalue weighted by Gasteiger charge is 2.18. The SMILES string of the molecule is CC(=NOc1cc(N2CCCC2)cc([N+](=O)[O-])c1)c1cccnc1. The van der Waals surface area contributed by atoms with E-state index in [4.69, 9.17) is 4.84 Å². The largest absolute Gasteiger partial charge is 0.371 e. The van der Waals surface area contributed by atoms with Crippen molar-refractivity contribution >= 4 is 17.1 Å². The molecule has 0 atom stereocenters. The van der Waals surface area contributed by atoms with E-state index in [1.165, 1.54) is 6.07 Å².